The molecule has 0 amide bonds. The molecule has 102 valence electrons. The van der Waals surface area contributed by atoms with E-state index in [1.165, 1.54) is 6.07 Å². The highest BCUT2D eigenvalue weighted by atomic mass is 19.1. The highest BCUT2D eigenvalue weighted by molar-refractivity contribution is 5.74. The van der Waals surface area contributed by atoms with Gasteiger partial charge in [0, 0.05) is 6.54 Å². The summed E-state index contributed by atoms with van der Waals surface area (Å²) >= 11 is 0. The van der Waals surface area contributed by atoms with Gasteiger partial charge in [-0.15, -0.1) is 0 Å². The maximum Gasteiger partial charge on any atom is 0.296 e. The molecule has 1 heterocycles. The summed E-state index contributed by atoms with van der Waals surface area (Å²) in [7, 11) is 1.63. The van der Waals surface area contributed by atoms with Gasteiger partial charge < -0.3 is 14.5 Å². The quantitative estimate of drug-likeness (QED) is 0.788. The third kappa shape index (κ3) is 2.42. The number of hydrogen-bond acceptors (Lipinski definition) is 4. The lowest BCUT2D eigenvalue weighted by Gasteiger charge is -2.03. The number of fused-ring (bicyclic) bond motifs is 1. The fraction of sp³-hybridized carbons (Fsp3) is 0.133. The van der Waals surface area contributed by atoms with Gasteiger partial charge in [-0.25, -0.2) is 4.39 Å². The average molecular weight is 272 g/mol. The van der Waals surface area contributed by atoms with Crippen molar-refractivity contribution in [3.8, 4) is 5.75 Å². The number of hydrogen-bond donors (Lipinski definition) is 1. The van der Waals surface area contributed by atoms with E-state index < -0.39 is 0 Å². The highest BCUT2D eigenvalue weighted by Gasteiger charge is 2.09. The van der Waals surface area contributed by atoms with E-state index in [9.17, 15) is 4.39 Å². The Morgan fingerprint density at radius 3 is 2.70 bits per heavy atom. The Morgan fingerprint density at radius 1 is 1.20 bits per heavy atom. The maximum absolute atomic E-state index is 13.5. The van der Waals surface area contributed by atoms with Gasteiger partial charge in [-0.3, -0.25) is 0 Å². The topological polar surface area (TPSA) is 47.3 Å². The first-order valence-corrected chi connectivity index (χ1v) is 6.18. The first kappa shape index (κ1) is 12.5. The Balaban J connectivity index is 1.74. The lowest BCUT2D eigenvalue weighted by Crippen LogP contribution is -1.99. The summed E-state index contributed by atoms with van der Waals surface area (Å²) in [5, 5.41) is 3.03. The number of ether oxygens (including phenoxy) is 1. The van der Waals surface area contributed by atoms with E-state index >= 15 is 0 Å². The zero-order chi connectivity index (χ0) is 13.9. The number of oxazole rings is 1. The molecular weight excluding hydrogens is 259 g/mol. The van der Waals surface area contributed by atoms with Gasteiger partial charge in [0.05, 0.1) is 7.11 Å². The Kier molecular flexibility index (Phi) is 3.25. The molecule has 0 unspecified atom stereocenters. The van der Waals surface area contributed by atoms with Gasteiger partial charge >= 0.3 is 0 Å². The minimum absolute atomic E-state index is 0.240. The number of para-hydroxylation sites is 1. The fourth-order valence-corrected chi connectivity index (χ4v) is 1.91. The van der Waals surface area contributed by atoms with Crippen LogP contribution in [-0.4, -0.2) is 12.1 Å². The molecule has 1 aromatic heterocycles. The van der Waals surface area contributed by atoms with Crippen LogP contribution in [0.4, 0.5) is 10.4 Å². The maximum atomic E-state index is 13.5. The minimum atomic E-state index is -0.385. The molecule has 0 radical (unpaired) electrons. The summed E-state index contributed by atoms with van der Waals surface area (Å²) in [6.45, 7) is 0.540. The molecule has 20 heavy (non-hydrogen) atoms. The standard InChI is InChI=1S/C15H13FN2O2/c1-19-11-7-5-10(6-8-11)9-17-15-18-14-12(16)3-2-4-13(14)20-15/h2-8H,9H2,1H3,(H,17,18). The van der Waals surface area contributed by atoms with Crippen molar-refractivity contribution in [3.05, 3.63) is 53.8 Å². The van der Waals surface area contributed by atoms with Crippen LogP contribution in [-0.2, 0) is 6.54 Å². The van der Waals surface area contributed by atoms with Gasteiger partial charge in [-0.1, -0.05) is 18.2 Å². The van der Waals surface area contributed by atoms with Crippen LogP contribution >= 0.6 is 0 Å². The van der Waals surface area contributed by atoms with E-state index in [1.54, 1.807) is 19.2 Å². The van der Waals surface area contributed by atoms with Crippen LogP contribution < -0.4 is 10.1 Å². The molecule has 0 saturated heterocycles. The molecular formula is C15H13FN2O2. The second-order valence-electron chi connectivity index (χ2n) is 4.31. The van der Waals surface area contributed by atoms with E-state index in [0.29, 0.717) is 18.1 Å². The predicted molar refractivity (Wildman–Crippen MR) is 74.3 cm³/mol. The normalized spacial score (nSPS) is 10.7. The summed E-state index contributed by atoms with van der Waals surface area (Å²) in [6.07, 6.45) is 0. The molecule has 0 aliphatic heterocycles. The van der Waals surface area contributed by atoms with E-state index in [1.807, 2.05) is 24.3 Å². The van der Waals surface area contributed by atoms with E-state index in [0.717, 1.165) is 11.3 Å². The Hall–Kier alpha value is -2.56. The number of benzene rings is 2. The van der Waals surface area contributed by atoms with Crippen LogP contribution in [0.5, 0.6) is 5.75 Å². The van der Waals surface area contributed by atoms with Gasteiger partial charge in [-0.2, -0.15) is 4.98 Å². The second kappa shape index (κ2) is 5.21. The van der Waals surface area contributed by atoms with Crippen LogP contribution in [0.3, 0.4) is 0 Å². The predicted octanol–water partition coefficient (Wildman–Crippen LogP) is 3.59. The molecule has 0 aliphatic rings. The van der Waals surface area contributed by atoms with Crippen LogP contribution in [0, 0.1) is 5.82 Å². The monoisotopic (exact) mass is 272 g/mol. The van der Waals surface area contributed by atoms with E-state index in [4.69, 9.17) is 9.15 Å². The lowest BCUT2D eigenvalue weighted by atomic mass is 10.2. The van der Waals surface area contributed by atoms with Crippen molar-refractivity contribution in [1.29, 1.82) is 0 Å². The van der Waals surface area contributed by atoms with Crippen molar-refractivity contribution in [2.24, 2.45) is 0 Å². The minimum Gasteiger partial charge on any atom is -0.497 e. The second-order valence-corrected chi connectivity index (χ2v) is 4.31. The molecule has 3 rings (SSSR count). The smallest absolute Gasteiger partial charge is 0.296 e. The largest absolute Gasteiger partial charge is 0.497 e. The first-order valence-electron chi connectivity index (χ1n) is 6.18. The van der Waals surface area contributed by atoms with Crippen LogP contribution in [0.15, 0.2) is 46.9 Å². The van der Waals surface area contributed by atoms with Crippen LogP contribution in [0.1, 0.15) is 5.56 Å². The van der Waals surface area contributed by atoms with Crippen LogP contribution in [0.2, 0.25) is 0 Å². The zero-order valence-corrected chi connectivity index (χ0v) is 10.9. The number of halogens is 1. The summed E-state index contributed by atoms with van der Waals surface area (Å²) in [5.74, 6) is 0.418. The summed E-state index contributed by atoms with van der Waals surface area (Å²) in [6, 6.07) is 12.6. The van der Waals surface area contributed by atoms with Crippen molar-refractivity contribution >= 4 is 17.1 Å². The molecule has 3 aromatic rings. The van der Waals surface area contributed by atoms with Gasteiger partial charge in [-0.05, 0) is 29.8 Å². The van der Waals surface area contributed by atoms with Gasteiger partial charge in [0.1, 0.15) is 11.3 Å². The number of rotatable bonds is 4. The Labute approximate surface area is 115 Å². The molecule has 1 N–H and O–H groups in total. The lowest BCUT2D eigenvalue weighted by molar-refractivity contribution is 0.414. The Morgan fingerprint density at radius 2 is 2.00 bits per heavy atom. The van der Waals surface area contributed by atoms with Crippen molar-refractivity contribution in [3.63, 3.8) is 0 Å². The molecule has 0 bridgehead atoms. The van der Waals surface area contributed by atoms with Crippen molar-refractivity contribution in [1.82, 2.24) is 4.98 Å². The van der Waals surface area contributed by atoms with Gasteiger partial charge in [0.2, 0.25) is 0 Å². The van der Waals surface area contributed by atoms with Crippen LogP contribution in [0.25, 0.3) is 11.1 Å². The molecule has 2 aromatic carbocycles. The van der Waals surface area contributed by atoms with Crippen molar-refractivity contribution in [2.75, 3.05) is 12.4 Å². The first-order chi connectivity index (χ1) is 9.76. The number of anilines is 1. The summed E-state index contributed by atoms with van der Waals surface area (Å²) in [5.41, 5.74) is 1.72. The highest BCUT2D eigenvalue weighted by Crippen LogP contribution is 2.21. The SMILES string of the molecule is COc1ccc(CNc2nc3c(F)cccc3o2)cc1. The number of nitrogens with one attached hydrogen (secondary N) is 1. The zero-order valence-electron chi connectivity index (χ0n) is 10.9. The Bertz CT molecular complexity index is 722. The number of aromatic nitrogens is 1. The number of methoxy groups -OCH3 is 1. The summed E-state index contributed by atoms with van der Waals surface area (Å²) in [4.78, 5) is 4.08. The van der Waals surface area contributed by atoms with Crippen molar-refractivity contribution < 1.29 is 13.5 Å². The average Bonchev–Trinajstić information content (AvgIpc) is 2.90. The third-order valence-electron chi connectivity index (χ3n) is 2.97. The molecule has 0 aliphatic carbocycles. The molecule has 0 spiro atoms. The fourth-order valence-electron chi connectivity index (χ4n) is 1.91. The molecule has 0 atom stereocenters. The third-order valence-corrected chi connectivity index (χ3v) is 2.97. The molecule has 4 nitrogen and oxygen atoms in total. The van der Waals surface area contributed by atoms with E-state index in [2.05, 4.69) is 10.3 Å². The molecule has 0 saturated carbocycles. The van der Waals surface area contributed by atoms with Crippen molar-refractivity contribution in [2.45, 2.75) is 6.54 Å². The molecule has 0 fully saturated rings. The van der Waals surface area contributed by atoms with Gasteiger partial charge in [0.15, 0.2) is 11.4 Å². The number of nitrogens with zero attached hydrogens (tertiary/aromatic N) is 1. The molecule has 5 heteroatoms. The summed E-state index contributed by atoms with van der Waals surface area (Å²) < 4.78 is 24.0. The van der Waals surface area contributed by atoms with E-state index in [-0.39, 0.29) is 11.3 Å². The van der Waals surface area contributed by atoms with Gasteiger partial charge in [0.25, 0.3) is 6.01 Å².